The minimum absolute atomic E-state index is 0.382. The quantitative estimate of drug-likeness (QED) is 0.734. The van der Waals surface area contributed by atoms with Crippen LogP contribution in [0.1, 0.15) is 51.1 Å². The van der Waals surface area contributed by atoms with Crippen LogP contribution in [-0.4, -0.2) is 6.54 Å². The van der Waals surface area contributed by atoms with Crippen LogP contribution in [0.15, 0.2) is 40.9 Å². The first-order valence-electron chi connectivity index (χ1n) is 8.06. The summed E-state index contributed by atoms with van der Waals surface area (Å²) in [6.45, 7) is 5.70. The van der Waals surface area contributed by atoms with Crippen molar-refractivity contribution < 1.29 is 0 Å². The molecule has 0 bridgehead atoms. The second kappa shape index (κ2) is 6.10. The Bertz CT molecular complexity index is 628. The lowest BCUT2D eigenvalue weighted by Gasteiger charge is -2.36. The van der Waals surface area contributed by atoms with Gasteiger partial charge >= 0.3 is 0 Å². The van der Waals surface area contributed by atoms with Crippen LogP contribution in [0.25, 0.3) is 10.8 Å². The third kappa shape index (κ3) is 2.76. The van der Waals surface area contributed by atoms with Gasteiger partial charge in [0.15, 0.2) is 0 Å². The molecule has 1 aliphatic carbocycles. The molecule has 0 saturated heterocycles. The minimum atomic E-state index is 0.382. The number of benzene rings is 2. The molecular formula is C19H24BrN. The van der Waals surface area contributed by atoms with E-state index in [9.17, 15) is 0 Å². The highest BCUT2D eigenvalue weighted by atomic mass is 79.9. The van der Waals surface area contributed by atoms with Crippen LogP contribution in [0.2, 0.25) is 0 Å². The van der Waals surface area contributed by atoms with Crippen molar-refractivity contribution in [2.75, 3.05) is 6.54 Å². The Morgan fingerprint density at radius 1 is 1.10 bits per heavy atom. The zero-order chi connectivity index (χ0) is 14.9. The van der Waals surface area contributed by atoms with Crippen LogP contribution in [0.5, 0.6) is 0 Å². The molecule has 1 saturated carbocycles. The van der Waals surface area contributed by atoms with Crippen LogP contribution >= 0.6 is 15.9 Å². The molecule has 0 aromatic heterocycles. The van der Waals surface area contributed by atoms with Crippen molar-refractivity contribution in [3.05, 3.63) is 46.4 Å². The predicted molar refractivity (Wildman–Crippen MR) is 94.6 cm³/mol. The molecule has 2 aromatic rings. The molecule has 3 rings (SSSR count). The van der Waals surface area contributed by atoms with E-state index >= 15 is 0 Å². The maximum atomic E-state index is 3.78. The first-order chi connectivity index (χ1) is 10.2. The van der Waals surface area contributed by atoms with Crippen LogP contribution in [0.3, 0.4) is 0 Å². The lowest BCUT2D eigenvalue weighted by atomic mass is 9.76. The van der Waals surface area contributed by atoms with Gasteiger partial charge in [0.05, 0.1) is 0 Å². The van der Waals surface area contributed by atoms with E-state index in [2.05, 4.69) is 71.5 Å². The fourth-order valence-corrected chi connectivity index (χ4v) is 4.42. The van der Waals surface area contributed by atoms with E-state index in [0.29, 0.717) is 11.5 Å². The van der Waals surface area contributed by atoms with Gasteiger partial charge in [0, 0.05) is 10.5 Å². The second-order valence-electron chi connectivity index (χ2n) is 6.53. The van der Waals surface area contributed by atoms with Crippen LogP contribution in [0, 0.1) is 5.41 Å². The van der Waals surface area contributed by atoms with Gasteiger partial charge in [-0.05, 0) is 47.2 Å². The fraction of sp³-hybridized carbons (Fsp3) is 0.474. The molecule has 0 amide bonds. The summed E-state index contributed by atoms with van der Waals surface area (Å²) in [6.07, 6.45) is 5.39. The average Bonchev–Trinajstić information content (AvgIpc) is 2.94. The summed E-state index contributed by atoms with van der Waals surface area (Å²) >= 11 is 3.70. The minimum Gasteiger partial charge on any atom is -0.310 e. The van der Waals surface area contributed by atoms with Crippen molar-refractivity contribution in [2.24, 2.45) is 5.41 Å². The van der Waals surface area contributed by atoms with E-state index < -0.39 is 0 Å². The first-order valence-corrected chi connectivity index (χ1v) is 8.85. The summed E-state index contributed by atoms with van der Waals surface area (Å²) in [5.74, 6) is 0. The molecule has 1 unspecified atom stereocenters. The largest absolute Gasteiger partial charge is 0.310 e. The Balaban J connectivity index is 2.14. The molecule has 2 heteroatoms. The van der Waals surface area contributed by atoms with Gasteiger partial charge < -0.3 is 5.32 Å². The second-order valence-corrected chi connectivity index (χ2v) is 7.39. The van der Waals surface area contributed by atoms with Crippen molar-refractivity contribution in [3.8, 4) is 0 Å². The number of nitrogens with one attached hydrogen (secondary N) is 1. The summed E-state index contributed by atoms with van der Waals surface area (Å²) in [5, 5.41) is 6.48. The van der Waals surface area contributed by atoms with Gasteiger partial charge in [-0.1, -0.05) is 73.0 Å². The van der Waals surface area contributed by atoms with E-state index in [0.717, 1.165) is 6.54 Å². The lowest BCUT2D eigenvalue weighted by molar-refractivity contribution is 0.227. The maximum absolute atomic E-state index is 3.78. The number of hydrogen-bond acceptors (Lipinski definition) is 1. The van der Waals surface area contributed by atoms with Crippen molar-refractivity contribution in [3.63, 3.8) is 0 Å². The summed E-state index contributed by atoms with van der Waals surface area (Å²) in [6, 6.07) is 13.7. The van der Waals surface area contributed by atoms with E-state index in [4.69, 9.17) is 0 Å². The molecule has 21 heavy (non-hydrogen) atoms. The van der Waals surface area contributed by atoms with Gasteiger partial charge in [-0.3, -0.25) is 0 Å². The molecule has 0 spiro atoms. The van der Waals surface area contributed by atoms with Gasteiger partial charge in [-0.25, -0.2) is 0 Å². The third-order valence-corrected chi connectivity index (χ3v) is 5.76. The van der Waals surface area contributed by atoms with E-state index in [1.54, 1.807) is 0 Å². The molecule has 1 N–H and O–H groups in total. The Morgan fingerprint density at radius 3 is 2.43 bits per heavy atom. The molecule has 0 heterocycles. The van der Waals surface area contributed by atoms with E-state index in [1.807, 2.05) is 0 Å². The molecule has 1 nitrogen and oxygen atoms in total. The zero-order valence-corrected chi connectivity index (χ0v) is 14.5. The van der Waals surface area contributed by atoms with Gasteiger partial charge in [0.25, 0.3) is 0 Å². The monoisotopic (exact) mass is 345 g/mol. The number of fused-ring (bicyclic) bond motifs is 1. The van der Waals surface area contributed by atoms with Gasteiger partial charge in [-0.2, -0.15) is 0 Å². The topological polar surface area (TPSA) is 12.0 Å². The SMILES string of the molecule is CCNC(c1ccc(Br)c2ccccc12)C1(C)CCCC1. The number of halogens is 1. The molecule has 2 aromatic carbocycles. The molecule has 1 atom stereocenters. The third-order valence-electron chi connectivity index (χ3n) is 5.07. The standard InChI is InChI=1S/C19H24BrN/c1-3-21-18(19(2)12-6-7-13-19)16-10-11-17(20)15-9-5-4-8-14(15)16/h4-5,8-11,18,21H,3,6-7,12-13H2,1-2H3. The molecule has 0 aliphatic heterocycles. The Labute approximate surface area is 136 Å². The van der Waals surface area contributed by atoms with Crippen LogP contribution < -0.4 is 5.32 Å². The molecule has 112 valence electrons. The summed E-state index contributed by atoms with van der Waals surface area (Å²) in [4.78, 5) is 0. The highest BCUT2D eigenvalue weighted by Gasteiger charge is 2.38. The van der Waals surface area contributed by atoms with Crippen LogP contribution in [0.4, 0.5) is 0 Å². The van der Waals surface area contributed by atoms with Gasteiger partial charge in [0.2, 0.25) is 0 Å². The molecule has 1 aliphatic rings. The summed E-state index contributed by atoms with van der Waals surface area (Å²) in [5.41, 5.74) is 1.84. The number of hydrogen-bond donors (Lipinski definition) is 1. The van der Waals surface area contributed by atoms with Crippen molar-refractivity contribution in [1.82, 2.24) is 5.32 Å². The Morgan fingerprint density at radius 2 is 1.76 bits per heavy atom. The fourth-order valence-electron chi connectivity index (χ4n) is 3.94. The summed E-state index contributed by atoms with van der Waals surface area (Å²) < 4.78 is 1.19. The number of rotatable bonds is 4. The molecule has 0 radical (unpaired) electrons. The average molecular weight is 346 g/mol. The van der Waals surface area contributed by atoms with Gasteiger partial charge in [0.1, 0.15) is 0 Å². The van der Waals surface area contributed by atoms with Gasteiger partial charge in [-0.15, -0.1) is 0 Å². The Kier molecular flexibility index (Phi) is 4.37. The predicted octanol–water partition coefficient (Wildman–Crippen LogP) is 5.83. The van der Waals surface area contributed by atoms with Crippen molar-refractivity contribution in [2.45, 2.75) is 45.6 Å². The summed E-state index contributed by atoms with van der Waals surface area (Å²) in [7, 11) is 0. The zero-order valence-electron chi connectivity index (χ0n) is 13.0. The van der Waals surface area contributed by atoms with Crippen LogP contribution in [-0.2, 0) is 0 Å². The van der Waals surface area contributed by atoms with Crippen molar-refractivity contribution >= 4 is 26.7 Å². The van der Waals surface area contributed by atoms with E-state index in [-0.39, 0.29) is 0 Å². The highest BCUT2D eigenvalue weighted by molar-refractivity contribution is 9.10. The first kappa shape index (κ1) is 15.1. The lowest BCUT2D eigenvalue weighted by Crippen LogP contribution is -2.34. The maximum Gasteiger partial charge on any atom is 0.0380 e. The molecular weight excluding hydrogens is 322 g/mol. The Hall–Kier alpha value is -0.860. The van der Waals surface area contributed by atoms with Crippen molar-refractivity contribution in [1.29, 1.82) is 0 Å². The highest BCUT2D eigenvalue weighted by Crippen LogP contribution is 2.48. The molecule has 1 fully saturated rings. The smallest absolute Gasteiger partial charge is 0.0380 e. The normalized spacial score (nSPS) is 19.0. The van der Waals surface area contributed by atoms with E-state index in [1.165, 1.54) is 46.5 Å².